The second-order valence-electron chi connectivity index (χ2n) is 3.30. The van der Waals surface area contributed by atoms with Crippen molar-refractivity contribution in [3.63, 3.8) is 0 Å². The number of hydrogen-bond donors (Lipinski definition) is 0. The Morgan fingerprint density at radius 1 is 1.35 bits per heavy atom. The SMILES string of the molecule is COc1ccnc(SCc2cccc(Cl)c2)n1. The van der Waals surface area contributed by atoms with Crippen molar-refractivity contribution in [2.24, 2.45) is 0 Å². The van der Waals surface area contributed by atoms with Crippen LogP contribution in [0.5, 0.6) is 5.88 Å². The molecule has 0 spiro atoms. The number of aromatic nitrogens is 2. The second-order valence-corrected chi connectivity index (χ2v) is 4.68. The summed E-state index contributed by atoms with van der Waals surface area (Å²) < 4.78 is 5.04. The number of rotatable bonds is 4. The van der Waals surface area contributed by atoms with Crippen LogP contribution in [0.1, 0.15) is 5.56 Å². The van der Waals surface area contributed by atoms with Crippen LogP contribution in [0.3, 0.4) is 0 Å². The Bertz CT molecular complexity index is 507. The van der Waals surface area contributed by atoms with Crippen molar-refractivity contribution in [2.75, 3.05) is 7.11 Å². The average molecular weight is 267 g/mol. The molecule has 0 N–H and O–H groups in total. The van der Waals surface area contributed by atoms with E-state index in [4.69, 9.17) is 16.3 Å². The van der Waals surface area contributed by atoms with Crippen LogP contribution in [0, 0.1) is 0 Å². The number of hydrogen-bond acceptors (Lipinski definition) is 4. The highest BCUT2D eigenvalue weighted by Gasteiger charge is 2.01. The molecule has 0 unspecified atom stereocenters. The second kappa shape index (κ2) is 5.89. The van der Waals surface area contributed by atoms with Gasteiger partial charge in [0.1, 0.15) is 0 Å². The van der Waals surface area contributed by atoms with E-state index in [1.54, 1.807) is 31.1 Å². The molecule has 2 rings (SSSR count). The van der Waals surface area contributed by atoms with Crippen molar-refractivity contribution in [3.8, 4) is 5.88 Å². The van der Waals surface area contributed by atoms with Gasteiger partial charge >= 0.3 is 0 Å². The first-order chi connectivity index (χ1) is 8.28. The molecule has 17 heavy (non-hydrogen) atoms. The Kier molecular flexibility index (Phi) is 4.23. The zero-order chi connectivity index (χ0) is 12.1. The first-order valence-electron chi connectivity index (χ1n) is 5.02. The third-order valence-corrected chi connectivity index (χ3v) is 3.24. The molecule has 0 atom stereocenters. The minimum atomic E-state index is 0.577. The van der Waals surface area contributed by atoms with Gasteiger partial charge in [0.05, 0.1) is 7.11 Å². The standard InChI is InChI=1S/C12H11ClN2OS/c1-16-11-5-6-14-12(15-11)17-8-9-3-2-4-10(13)7-9/h2-7H,8H2,1H3. The number of benzene rings is 1. The number of thioether (sulfide) groups is 1. The van der Waals surface area contributed by atoms with Crippen LogP contribution in [0.15, 0.2) is 41.7 Å². The van der Waals surface area contributed by atoms with E-state index >= 15 is 0 Å². The molecule has 2 aromatic rings. The molecule has 0 aliphatic rings. The van der Waals surface area contributed by atoms with Gasteiger partial charge in [-0.3, -0.25) is 0 Å². The molecule has 88 valence electrons. The molecule has 1 aromatic heterocycles. The Labute approximate surface area is 109 Å². The van der Waals surface area contributed by atoms with E-state index in [-0.39, 0.29) is 0 Å². The molecule has 0 saturated carbocycles. The van der Waals surface area contributed by atoms with E-state index in [1.807, 2.05) is 24.3 Å². The summed E-state index contributed by atoms with van der Waals surface area (Å²) in [5, 5.41) is 1.44. The van der Waals surface area contributed by atoms with Gasteiger partial charge in [0.2, 0.25) is 5.88 Å². The number of ether oxygens (including phenoxy) is 1. The van der Waals surface area contributed by atoms with E-state index in [9.17, 15) is 0 Å². The fourth-order valence-electron chi connectivity index (χ4n) is 1.28. The highest BCUT2D eigenvalue weighted by molar-refractivity contribution is 7.98. The summed E-state index contributed by atoms with van der Waals surface area (Å²) in [5.74, 6) is 1.36. The highest BCUT2D eigenvalue weighted by Crippen LogP contribution is 2.22. The minimum absolute atomic E-state index is 0.577. The molecule has 0 radical (unpaired) electrons. The van der Waals surface area contributed by atoms with Gasteiger partial charge in [-0.25, -0.2) is 4.98 Å². The lowest BCUT2D eigenvalue weighted by Crippen LogP contribution is -1.91. The summed E-state index contributed by atoms with van der Waals surface area (Å²) in [6, 6.07) is 9.49. The number of nitrogens with zero attached hydrogens (tertiary/aromatic N) is 2. The third kappa shape index (κ3) is 3.61. The Morgan fingerprint density at radius 2 is 2.24 bits per heavy atom. The minimum Gasteiger partial charge on any atom is -0.481 e. The molecule has 0 bridgehead atoms. The van der Waals surface area contributed by atoms with Crippen LogP contribution in [-0.2, 0) is 5.75 Å². The predicted octanol–water partition coefficient (Wildman–Crippen LogP) is 3.43. The first kappa shape index (κ1) is 12.2. The monoisotopic (exact) mass is 266 g/mol. The lowest BCUT2D eigenvalue weighted by molar-refractivity contribution is 0.392. The fourth-order valence-corrected chi connectivity index (χ4v) is 2.26. The van der Waals surface area contributed by atoms with E-state index in [2.05, 4.69) is 9.97 Å². The summed E-state index contributed by atoms with van der Waals surface area (Å²) in [4.78, 5) is 8.39. The van der Waals surface area contributed by atoms with E-state index < -0.39 is 0 Å². The lowest BCUT2D eigenvalue weighted by atomic mass is 10.2. The summed E-state index contributed by atoms with van der Waals surface area (Å²) in [6.45, 7) is 0. The molecule has 0 amide bonds. The van der Waals surface area contributed by atoms with Crippen LogP contribution < -0.4 is 4.74 Å². The van der Waals surface area contributed by atoms with Crippen molar-refractivity contribution in [1.29, 1.82) is 0 Å². The smallest absolute Gasteiger partial charge is 0.216 e. The van der Waals surface area contributed by atoms with Crippen molar-refractivity contribution in [1.82, 2.24) is 9.97 Å². The molecule has 0 saturated heterocycles. The lowest BCUT2D eigenvalue weighted by Gasteiger charge is -2.02. The average Bonchev–Trinajstić information content (AvgIpc) is 2.37. The largest absolute Gasteiger partial charge is 0.481 e. The molecular weight excluding hydrogens is 256 g/mol. The maximum Gasteiger partial charge on any atom is 0.216 e. The molecule has 0 fully saturated rings. The zero-order valence-electron chi connectivity index (χ0n) is 9.26. The Hall–Kier alpha value is -1.26. The van der Waals surface area contributed by atoms with Gasteiger partial charge in [-0.05, 0) is 17.7 Å². The third-order valence-electron chi connectivity index (χ3n) is 2.07. The molecular formula is C12H11ClN2OS. The van der Waals surface area contributed by atoms with E-state index in [1.165, 1.54) is 0 Å². The van der Waals surface area contributed by atoms with Gasteiger partial charge < -0.3 is 4.74 Å². The summed E-state index contributed by atoms with van der Waals surface area (Å²) in [7, 11) is 1.59. The van der Waals surface area contributed by atoms with Crippen molar-refractivity contribution < 1.29 is 4.74 Å². The maximum atomic E-state index is 5.91. The Morgan fingerprint density at radius 3 is 3.00 bits per heavy atom. The Balaban J connectivity index is 2.02. The van der Waals surface area contributed by atoms with Crippen LogP contribution in [0.4, 0.5) is 0 Å². The van der Waals surface area contributed by atoms with Crippen LogP contribution in [-0.4, -0.2) is 17.1 Å². The molecule has 1 heterocycles. The van der Waals surface area contributed by atoms with Gasteiger partial charge in [0.25, 0.3) is 0 Å². The summed E-state index contributed by atoms with van der Waals surface area (Å²) in [5.41, 5.74) is 1.15. The van der Waals surface area contributed by atoms with Crippen LogP contribution in [0.25, 0.3) is 0 Å². The van der Waals surface area contributed by atoms with Gasteiger partial charge in [0, 0.05) is 23.0 Å². The van der Waals surface area contributed by atoms with Crippen molar-refractivity contribution >= 4 is 23.4 Å². The topological polar surface area (TPSA) is 35.0 Å². The van der Waals surface area contributed by atoms with E-state index in [0.717, 1.165) is 16.3 Å². The van der Waals surface area contributed by atoms with Gasteiger partial charge in [-0.15, -0.1) is 0 Å². The molecule has 0 aliphatic heterocycles. The van der Waals surface area contributed by atoms with Gasteiger partial charge in [-0.1, -0.05) is 35.5 Å². The highest BCUT2D eigenvalue weighted by atomic mass is 35.5. The quantitative estimate of drug-likeness (QED) is 0.627. The molecule has 0 aliphatic carbocycles. The van der Waals surface area contributed by atoms with Gasteiger partial charge in [0.15, 0.2) is 5.16 Å². The van der Waals surface area contributed by atoms with Crippen LogP contribution in [0.2, 0.25) is 5.02 Å². The number of methoxy groups -OCH3 is 1. The maximum absolute atomic E-state index is 5.91. The van der Waals surface area contributed by atoms with Gasteiger partial charge in [-0.2, -0.15) is 4.98 Å². The van der Waals surface area contributed by atoms with Crippen molar-refractivity contribution in [3.05, 3.63) is 47.1 Å². The summed E-state index contributed by atoms with van der Waals surface area (Å²) in [6.07, 6.45) is 1.69. The normalized spacial score (nSPS) is 10.2. The molecule has 3 nitrogen and oxygen atoms in total. The molecule has 1 aromatic carbocycles. The van der Waals surface area contributed by atoms with Crippen LogP contribution >= 0.6 is 23.4 Å². The van der Waals surface area contributed by atoms with Crippen molar-refractivity contribution in [2.45, 2.75) is 10.9 Å². The summed E-state index contributed by atoms with van der Waals surface area (Å²) >= 11 is 7.46. The zero-order valence-corrected chi connectivity index (χ0v) is 10.8. The number of halogens is 1. The predicted molar refractivity (Wildman–Crippen MR) is 69.6 cm³/mol. The first-order valence-corrected chi connectivity index (χ1v) is 6.38. The van der Waals surface area contributed by atoms with E-state index in [0.29, 0.717) is 11.0 Å². The fraction of sp³-hybridized carbons (Fsp3) is 0.167. The molecule has 5 heteroatoms.